The molecule has 37 heavy (non-hydrogen) atoms. The summed E-state index contributed by atoms with van der Waals surface area (Å²) in [7, 11) is 2.48. The second kappa shape index (κ2) is 26.9. The van der Waals surface area contributed by atoms with Gasteiger partial charge in [0, 0.05) is 77.1 Å². The zero-order valence-electron chi connectivity index (χ0n) is 23.8. The number of hydrogen-bond donors (Lipinski definition) is 0. The second-order valence-electron chi connectivity index (χ2n) is 7.04. The zero-order valence-corrected chi connectivity index (χ0v) is 29.1. The van der Waals surface area contributed by atoms with E-state index in [1.54, 1.807) is 0 Å². The second-order valence-corrected chi connectivity index (χ2v) is 18.7. The zero-order chi connectivity index (χ0) is 28.4. The Morgan fingerprint density at radius 2 is 0.811 bits per heavy atom. The van der Waals surface area contributed by atoms with Crippen molar-refractivity contribution in [2.24, 2.45) is 0 Å². The Bertz CT molecular complexity index is 486. The number of ether oxygens (including phenoxy) is 1. The molecule has 15 heteroatoms. The fraction of sp³-hybridized carbons (Fsp3) is 0.909. The van der Waals surface area contributed by atoms with Crippen LogP contribution in [0.2, 0.25) is 12.1 Å². The van der Waals surface area contributed by atoms with Gasteiger partial charge in [0.05, 0.1) is 0 Å². The molecule has 0 saturated carbocycles. The van der Waals surface area contributed by atoms with Crippen LogP contribution in [0.5, 0.6) is 0 Å². The molecule has 0 aliphatic rings. The van der Waals surface area contributed by atoms with Crippen LogP contribution in [0.1, 0.15) is 68.2 Å². The van der Waals surface area contributed by atoms with E-state index in [4.69, 9.17) is 26.6 Å². The van der Waals surface area contributed by atoms with Gasteiger partial charge in [-0.05, 0) is 74.0 Å². The lowest BCUT2D eigenvalue weighted by Crippen LogP contribution is -2.46. The normalized spacial score (nSPS) is 11.7. The molecule has 0 spiro atoms. The van der Waals surface area contributed by atoms with E-state index < -0.39 is 29.5 Å². The van der Waals surface area contributed by atoms with E-state index in [1.165, 1.54) is 13.8 Å². The standard InChI is InChI=1S/C18H42O6S4Si2.C4H6O3/c1-7-19-29(20-8-2,21-9-3)17-13-15-25-27-28-26-16-14-18-30(22-10-4,23-11-5)24-12-6;1-3(5)7-4(2)6/h7-18H2,1-6H3;1-2H3. The predicted molar refractivity (Wildman–Crippen MR) is 163 cm³/mol. The highest BCUT2D eigenvalue weighted by Gasteiger charge is 2.40. The van der Waals surface area contributed by atoms with Crippen molar-refractivity contribution in [1.82, 2.24) is 0 Å². The Hall–Kier alpha value is 0.734. The van der Waals surface area contributed by atoms with Gasteiger partial charge in [0.2, 0.25) is 0 Å². The highest BCUT2D eigenvalue weighted by Crippen LogP contribution is 2.44. The van der Waals surface area contributed by atoms with Crippen LogP contribution in [0.4, 0.5) is 0 Å². The van der Waals surface area contributed by atoms with E-state index in [0.29, 0.717) is 39.6 Å². The minimum atomic E-state index is -2.49. The van der Waals surface area contributed by atoms with Crippen LogP contribution in [0.3, 0.4) is 0 Å². The van der Waals surface area contributed by atoms with Crippen LogP contribution in [-0.4, -0.2) is 80.7 Å². The van der Waals surface area contributed by atoms with Gasteiger partial charge in [-0.2, -0.15) is 0 Å². The van der Waals surface area contributed by atoms with Gasteiger partial charge >= 0.3 is 29.5 Å². The molecule has 0 rings (SSSR count). The maximum absolute atomic E-state index is 9.81. The Morgan fingerprint density at radius 3 is 1.00 bits per heavy atom. The van der Waals surface area contributed by atoms with Gasteiger partial charge in [0.1, 0.15) is 0 Å². The van der Waals surface area contributed by atoms with Crippen LogP contribution < -0.4 is 0 Å². The molecule has 0 saturated heterocycles. The van der Waals surface area contributed by atoms with Crippen molar-refractivity contribution < 1.29 is 40.9 Å². The van der Waals surface area contributed by atoms with Crippen LogP contribution in [-0.2, 0) is 40.9 Å². The van der Waals surface area contributed by atoms with E-state index in [9.17, 15) is 9.59 Å². The number of carbonyl (C=O) groups is 2. The number of hydrogen-bond acceptors (Lipinski definition) is 13. The first-order valence-electron chi connectivity index (χ1n) is 12.8. The number of esters is 2. The van der Waals surface area contributed by atoms with Crippen molar-refractivity contribution in [3.05, 3.63) is 0 Å². The molecule has 0 atom stereocenters. The third-order valence-corrected chi connectivity index (χ3v) is 17.0. The van der Waals surface area contributed by atoms with Crippen molar-refractivity contribution in [1.29, 1.82) is 0 Å². The number of rotatable bonds is 23. The molecule has 0 aliphatic carbocycles. The lowest BCUT2D eigenvalue weighted by atomic mass is 10.6. The molecule has 0 amide bonds. The van der Waals surface area contributed by atoms with Crippen molar-refractivity contribution >= 4 is 70.8 Å². The van der Waals surface area contributed by atoms with Gasteiger partial charge in [0.15, 0.2) is 0 Å². The fourth-order valence-electron chi connectivity index (χ4n) is 3.01. The van der Waals surface area contributed by atoms with Crippen molar-refractivity contribution in [3.8, 4) is 0 Å². The average Bonchev–Trinajstić information content (AvgIpc) is 2.81. The summed E-state index contributed by atoms with van der Waals surface area (Å²) in [5.74, 6) is 1.00. The Balaban J connectivity index is 0. The van der Waals surface area contributed by atoms with E-state index in [-0.39, 0.29) is 0 Å². The highest BCUT2D eigenvalue weighted by molar-refractivity contribution is 9.26. The third kappa shape index (κ3) is 23.2. The van der Waals surface area contributed by atoms with E-state index in [2.05, 4.69) is 4.74 Å². The van der Waals surface area contributed by atoms with E-state index in [1.807, 2.05) is 82.8 Å². The monoisotopic (exact) mass is 640 g/mol. The third-order valence-electron chi connectivity index (χ3n) is 4.02. The molecule has 0 aromatic carbocycles. The van der Waals surface area contributed by atoms with Gasteiger partial charge in [-0.3, -0.25) is 9.59 Å². The molecule has 0 heterocycles. The highest BCUT2D eigenvalue weighted by atomic mass is 33.7. The smallest absolute Gasteiger partial charge is 0.394 e. The molecule has 222 valence electrons. The molecule has 0 aromatic heterocycles. The Labute approximate surface area is 242 Å². The minimum absolute atomic E-state index is 0.562. The summed E-state index contributed by atoms with van der Waals surface area (Å²) in [6.45, 7) is 18.2. The Morgan fingerprint density at radius 1 is 0.541 bits per heavy atom. The topological polar surface area (TPSA) is 98.8 Å². The van der Waals surface area contributed by atoms with Crippen LogP contribution >= 0.6 is 41.2 Å². The van der Waals surface area contributed by atoms with Crippen molar-refractivity contribution in [2.75, 3.05) is 51.1 Å². The number of carbonyl (C=O) groups excluding carboxylic acids is 2. The quantitative estimate of drug-likeness (QED) is 0.0393. The van der Waals surface area contributed by atoms with Crippen LogP contribution in [0.25, 0.3) is 0 Å². The molecule has 0 bridgehead atoms. The maximum Gasteiger partial charge on any atom is 0.500 e. The predicted octanol–water partition coefficient (Wildman–Crippen LogP) is 6.64. The van der Waals surface area contributed by atoms with Gasteiger partial charge in [0.25, 0.3) is 0 Å². The molecule has 0 unspecified atom stereocenters. The first-order valence-corrected chi connectivity index (χ1v) is 21.8. The first-order chi connectivity index (χ1) is 17.7. The summed E-state index contributed by atoms with van der Waals surface area (Å²) in [5.41, 5.74) is 0. The summed E-state index contributed by atoms with van der Waals surface area (Å²) in [6.07, 6.45) is 2.08. The van der Waals surface area contributed by atoms with Gasteiger partial charge in [-0.1, -0.05) is 21.6 Å². The summed E-state index contributed by atoms with van der Waals surface area (Å²) >= 11 is 0. The van der Waals surface area contributed by atoms with Crippen molar-refractivity contribution in [3.63, 3.8) is 0 Å². The molecule has 0 aromatic rings. The molecule has 0 radical (unpaired) electrons. The van der Waals surface area contributed by atoms with E-state index >= 15 is 0 Å². The summed E-state index contributed by atoms with van der Waals surface area (Å²) < 4.78 is 39.4. The van der Waals surface area contributed by atoms with Gasteiger partial charge in [-0.15, -0.1) is 0 Å². The lowest BCUT2D eigenvalue weighted by molar-refractivity contribution is -0.156. The molecule has 9 nitrogen and oxygen atoms in total. The largest absolute Gasteiger partial charge is 0.500 e. The van der Waals surface area contributed by atoms with E-state index in [0.717, 1.165) is 36.4 Å². The average molecular weight is 641 g/mol. The molecule has 0 aliphatic heterocycles. The maximum atomic E-state index is 9.81. The van der Waals surface area contributed by atoms with Crippen LogP contribution in [0, 0.1) is 0 Å². The van der Waals surface area contributed by atoms with Gasteiger partial charge in [-0.25, -0.2) is 0 Å². The SMILES string of the molecule is CC(=O)OC(C)=O.CCO[Si](CCCSSSSCCC[Si](OCC)(OCC)OCC)(OCC)OCC. The molecular formula is C22H48O9S4Si2. The summed E-state index contributed by atoms with van der Waals surface area (Å²) in [5, 5.41) is 0. The molecule has 0 N–H and O–H groups in total. The minimum Gasteiger partial charge on any atom is -0.394 e. The summed E-state index contributed by atoms with van der Waals surface area (Å²) in [4.78, 5) is 19.6. The van der Waals surface area contributed by atoms with Crippen LogP contribution in [0.15, 0.2) is 0 Å². The Kier molecular flexibility index (Phi) is 29.0. The lowest BCUT2D eigenvalue weighted by Gasteiger charge is -2.28. The van der Waals surface area contributed by atoms with Gasteiger partial charge < -0.3 is 31.3 Å². The molecular weight excluding hydrogens is 593 g/mol. The summed E-state index contributed by atoms with van der Waals surface area (Å²) in [6, 6.07) is 1.76. The van der Waals surface area contributed by atoms with Crippen molar-refractivity contribution in [2.45, 2.75) is 80.3 Å². The first kappa shape index (κ1) is 39.9. The molecule has 0 fully saturated rings. The fourth-order valence-corrected chi connectivity index (χ4v) is 14.9.